The highest BCUT2D eigenvalue weighted by atomic mass is 35.5. The van der Waals surface area contributed by atoms with Gasteiger partial charge in [-0.2, -0.15) is 0 Å². The molecule has 0 saturated carbocycles. The number of rotatable bonds is 3. The van der Waals surface area contributed by atoms with Crippen molar-refractivity contribution in [2.75, 3.05) is 20.1 Å². The van der Waals surface area contributed by atoms with Gasteiger partial charge in [0.15, 0.2) is 5.67 Å². The van der Waals surface area contributed by atoms with E-state index in [9.17, 15) is 0 Å². The zero-order valence-corrected chi connectivity index (χ0v) is 17.0. The van der Waals surface area contributed by atoms with Crippen LogP contribution in [-0.4, -0.2) is 29.6 Å². The second-order valence-electron chi connectivity index (χ2n) is 8.04. The average Bonchev–Trinajstić information content (AvgIpc) is 2.76. The molecule has 2 nitrogen and oxygen atoms in total. The van der Waals surface area contributed by atoms with Gasteiger partial charge in [0.2, 0.25) is 0 Å². The van der Waals surface area contributed by atoms with E-state index in [1.54, 1.807) is 31.2 Å². The van der Waals surface area contributed by atoms with Gasteiger partial charge in [-0.25, -0.2) is 4.39 Å². The maximum Gasteiger partial charge on any atom is 0.151 e. The van der Waals surface area contributed by atoms with E-state index in [-0.39, 0.29) is 0 Å². The summed E-state index contributed by atoms with van der Waals surface area (Å²) in [7, 11) is 2.16. The molecule has 1 aliphatic heterocycles. The summed E-state index contributed by atoms with van der Waals surface area (Å²) < 4.78 is 18.0. The zero-order chi connectivity index (χ0) is 19.2. The van der Waals surface area contributed by atoms with Gasteiger partial charge in [0.05, 0.1) is 6.54 Å². The Bertz CT molecular complexity index is 972. The van der Waals surface area contributed by atoms with Gasteiger partial charge in [0.1, 0.15) is 0 Å². The standard InChI is InChI=1S/C23H26ClFN2/c1-16-4-9-21-20(14-16)19-10-12-26(3)13-11-22(19)27(21)15-23(2,25)17-5-7-18(24)8-6-17/h4-9,14H,10-13,15H2,1-3H3. The third-order valence-corrected chi connectivity index (χ3v) is 6.07. The minimum absolute atomic E-state index is 0.313. The predicted octanol–water partition coefficient (Wildman–Crippen LogP) is 5.52. The molecule has 2 heterocycles. The van der Waals surface area contributed by atoms with Crippen LogP contribution < -0.4 is 0 Å². The first-order valence-electron chi connectivity index (χ1n) is 9.59. The van der Waals surface area contributed by atoms with Crippen LogP contribution in [0.15, 0.2) is 42.5 Å². The van der Waals surface area contributed by atoms with Crippen molar-refractivity contribution in [3.8, 4) is 0 Å². The van der Waals surface area contributed by atoms with Crippen molar-refractivity contribution in [3.63, 3.8) is 0 Å². The molecule has 0 bridgehead atoms. The summed E-state index contributed by atoms with van der Waals surface area (Å²) in [5.74, 6) is 0. The lowest BCUT2D eigenvalue weighted by Gasteiger charge is -2.24. The summed E-state index contributed by atoms with van der Waals surface area (Å²) in [6.07, 6.45) is 1.97. The summed E-state index contributed by atoms with van der Waals surface area (Å²) in [5, 5.41) is 1.92. The molecule has 2 aromatic carbocycles. The van der Waals surface area contributed by atoms with Crippen LogP contribution in [0.5, 0.6) is 0 Å². The van der Waals surface area contributed by atoms with Crippen LogP contribution >= 0.6 is 11.6 Å². The Morgan fingerprint density at radius 1 is 1.07 bits per heavy atom. The fraction of sp³-hybridized carbons (Fsp3) is 0.391. The average molecular weight is 385 g/mol. The smallest absolute Gasteiger partial charge is 0.151 e. The summed E-state index contributed by atoms with van der Waals surface area (Å²) in [6.45, 7) is 6.16. The number of alkyl halides is 1. The van der Waals surface area contributed by atoms with Crippen molar-refractivity contribution in [2.45, 2.75) is 38.9 Å². The molecule has 0 spiro atoms. The third kappa shape index (κ3) is 3.51. The van der Waals surface area contributed by atoms with Gasteiger partial charge in [0, 0.05) is 41.1 Å². The molecule has 0 saturated heterocycles. The molecule has 1 aliphatic rings. The topological polar surface area (TPSA) is 8.17 Å². The lowest BCUT2D eigenvalue weighted by atomic mass is 9.97. The second kappa shape index (κ2) is 6.96. The van der Waals surface area contributed by atoms with Gasteiger partial charge in [0.25, 0.3) is 0 Å². The first kappa shape index (κ1) is 18.5. The van der Waals surface area contributed by atoms with E-state index in [4.69, 9.17) is 11.6 Å². The minimum Gasteiger partial charge on any atom is -0.341 e. The molecule has 0 aliphatic carbocycles. The second-order valence-corrected chi connectivity index (χ2v) is 8.48. The molecule has 1 aromatic heterocycles. The summed E-state index contributed by atoms with van der Waals surface area (Å²) in [4.78, 5) is 2.36. The van der Waals surface area contributed by atoms with Crippen LogP contribution in [0, 0.1) is 6.92 Å². The van der Waals surface area contributed by atoms with E-state index in [1.807, 2.05) is 0 Å². The number of fused-ring (bicyclic) bond motifs is 3. The van der Waals surface area contributed by atoms with Crippen LogP contribution in [0.1, 0.15) is 29.3 Å². The van der Waals surface area contributed by atoms with E-state index in [0.717, 1.165) is 31.4 Å². The first-order chi connectivity index (χ1) is 12.8. The molecule has 27 heavy (non-hydrogen) atoms. The lowest BCUT2D eigenvalue weighted by molar-refractivity contribution is 0.162. The number of aryl methyl sites for hydroxylation is 1. The van der Waals surface area contributed by atoms with Gasteiger partial charge in [-0.1, -0.05) is 35.4 Å². The molecule has 0 N–H and O–H groups in total. The molecular weight excluding hydrogens is 359 g/mol. The molecule has 4 heteroatoms. The van der Waals surface area contributed by atoms with Crippen LogP contribution in [-0.2, 0) is 25.1 Å². The Labute approximate surface area is 165 Å². The van der Waals surface area contributed by atoms with E-state index in [0.29, 0.717) is 17.1 Å². The van der Waals surface area contributed by atoms with Crippen LogP contribution in [0.2, 0.25) is 5.02 Å². The van der Waals surface area contributed by atoms with Crippen molar-refractivity contribution in [1.82, 2.24) is 9.47 Å². The van der Waals surface area contributed by atoms with E-state index < -0.39 is 5.67 Å². The highest BCUT2D eigenvalue weighted by Gasteiger charge is 2.30. The first-order valence-corrected chi connectivity index (χ1v) is 9.97. The van der Waals surface area contributed by atoms with Gasteiger partial charge in [-0.05, 0) is 62.7 Å². The zero-order valence-electron chi connectivity index (χ0n) is 16.2. The third-order valence-electron chi connectivity index (χ3n) is 5.82. The van der Waals surface area contributed by atoms with Gasteiger partial charge < -0.3 is 9.47 Å². The molecule has 1 unspecified atom stereocenters. The molecule has 3 aromatic rings. The largest absolute Gasteiger partial charge is 0.341 e. The molecule has 0 radical (unpaired) electrons. The molecule has 0 fully saturated rings. The molecule has 142 valence electrons. The van der Waals surface area contributed by atoms with E-state index in [2.05, 4.69) is 41.6 Å². The number of aromatic nitrogens is 1. The monoisotopic (exact) mass is 384 g/mol. The molecular formula is C23H26ClFN2. The summed E-state index contributed by atoms with van der Waals surface area (Å²) in [5.41, 5.74) is 4.28. The fourth-order valence-electron chi connectivity index (χ4n) is 4.23. The number of hydrogen-bond donors (Lipinski definition) is 0. The van der Waals surface area contributed by atoms with Crippen LogP contribution in [0.4, 0.5) is 4.39 Å². The SMILES string of the molecule is Cc1ccc2c(c1)c1c(n2CC(C)(F)c2ccc(Cl)cc2)CCN(C)CC1. The molecule has 0 amide bonds. The van der Waals surface area contributed by atoms with Crippen LogP contribution in [0.25, 0.3) is 10.9 Å². The number of likely N-dealkylation sites (N-methyl/N-ethyl adjacent to an activating group) is 1. The normalized spacial score (nSPS) is 17.5. The predicted molar refractivity (Wildman–Crippen MR) is 111 cm³/mol. The minimum atomic E-state index is -1.46. The quantitative estimate of drug-likeness (QED) is 0.577. The van der Waals surface area contributed by atoms with E-state index >= 15 is 4.39 Å². The van der Waals surface area contributed by atoms with Crippen molar-refractivity contribution < 1.29 is 4.39 Å². The van der Waals surface area contributed by atoms with Crippen molar-refractivity contribution >= 4 is 22.5 Å². The Morgan fingerprint density at radius 2 is 1.78 bits per heavy atom. The number of hydrogen-bond acceptors (Lipinski definition) is 1. The number of halogens is 2. The fourth-order valence-corrected chi connectivity index (χ4v) is 4.36. The molecule has 4 rings (SSSR count). The lowest BCUT2D eigenvalue weighted by Crippen LogP contribution is -2.25. The van der Waals surface area contributed by atoms with Crippen molar-refractivity contribution in [3.05, 3.63) is 69.9 Å². The number of nitrogens with zero attached hydrogens (tertiary/aromatic N) is 2. The Hall–Kier alpha value is -1.84. The van der Waals surface area contributed by atoms with Crippen LogP contribution in [0.3, 0.4) is 0 Å². The number of benzene rings is 2. The van der Waals surface area contributed by atoms with Gasteiger partial charge >= 0.3 is 0 Å². The highest BCUT2D eigenvalue weighted by molar-refractivity contribution is 6.30. The maximum atomic E-state index is 15.8. The summed E-state index contributed by atoms with van der Waals surface area (Å²) >= 11 is 5.99. The Balaban J connectivity index is 1.82. The van der Waals surface area contributed by atoms with Gasteiger partial charge in [-0.15, -0.1) is 0 Å². The van der Waals surface area contributed by atoms with E-state index in [1.165, 1.54) is 22.2 Å². The van der Waals surface area contributed by atoms with Crippen molar-refractivity contribution in [2.24, 2.45) is 0 Å². The van der Waals surface area contributed by atoms with Gasteiger partial charge in [-0.3, -0.25) is 0 Å². The Kier molecular flexibility index (Phi) is 4.77. The van der Waals surface area contributed by atoms with Crippen molar-refractivity contribution in [1.29, 1.82) is 0 Å². The maximum absolute atomic E-state index is 15.8. The highest BCUT2D eigenvalue weighted by Crippen LogP contribution is 2.35. The molecule has 1 atom stereocenters. The Morgan fingerprint density at radius 3 is 2.52 bits per heavy atom. The summed E-state index contributed by atoms with van der Waals surface area (Å²) in [6, 6.07) is 13.7.